The second-order valence-corrected chi connectivity index (χ2v) is 10.2. The Kier molecular flexibility index (Phi) is 9.53. The molecule has 0 bridgehead atoms. The van der Waals surface area contributed by atoms with Crippen LogP contribution in [-0.2, 0) is 16.0 Å². The quantitative estimate of drug-likeness (QED) is 0.427. The van der Waals surface area contributed by atoms with Crippen molar-refractivity contribution < 1.29 is 9.53 Å². The summed E-state index contributed by atoms with van der Waals surface area (Å²) >= 11 is 2.01. The van der Waals surface area contributed by atoms with Crippen LogP contribution in [0.2, 0.25) is 0 Å². The van der Waals surface area contributed by atoms with Gasteiger partial charge >= 0.3 is 0 Å². The number of hydrogen-bond donors (Lipinski definition) is 2. The van der Waals surface area contributed by atoms with Gasteiger partial charge in [0.25, 0.3) is 0 Å². The van der Waals surface area contributed by atoms with Crippen molar-refractivity contribution in [2.24, 2.45) is 10.9 Å². The molecule has 0 aliphatic carbocycles. The Balaban J connectivity index is 1.49. The van der Waals surface area contributed by atoms with Gasteiger partial charge in [0.15, 0.2) is 5.96 Å². The highest BCUT2D eigenvalue weighted by atomic mass is 32.2. The van der Waals surface area contributed by atoms with Crippen LogP contribution in [0, 0.1) is 5.92 Å². The van der Waals surface area contributed by atoms with Gasteiger partial charge in [-0.3, -0.25) is 9.79 Å². The van der Waals surface area contributed by atoms with E-state index in [9.17, 15) is 4.79 Å². The summed E-state index contributed by atoms with van der Waals surface area (Å²) in [6.07, 6.45) is 3.65. The molecular weight excluding hydrogens is 408 g/mol. The van der Waals surface area contributed by atoms with Crippen LogP contribution in [0.15, 0.2) is 35.3 Å². The molecule has 0 spiro atoms. The molecule has 0 aromatic heterocycles. The summed E-state index contributed by atoms with van der Waals surface area (Å²) < 4.78 is 5.77. The number of benzene rings is 1. The smallest absolute Gasteiger partial charge is 0.223 e. The molecule has 2 fully saturated rings. The zero-order valence-corrected chi connectivity index (χ0v) is 19.9. The highest BCUT2D eigenvalue weighted by Gasteiger charge is 2.33. The van der Waals surface area contributed by atoms with E-state index in [0.717, 1.165) is 76.9 Å². The molecule has 7 heteroatoms. The van der Waals surface area contributed by atoms with Gasteiger partial charge in [0, 0.05) is 56.5 Å². The molecule has 0 radical (unpaired) electrons. The van der Waals surface area contributed by atoms with E-state index in [2.05, 4.69) is 48.7 Å². The predicted octanol–water partition coefficient (Wildman–Crippen LogP) is 2.94. The van der Waals surface area contributed by atoms with Crippen molar-refractivity contribution >= 4 is 23.6 Å². The number of aliphatic imine (C=N–C) groups is 1. The molecule has 2 saturated heterocycles. The van der Waals surface area contributed by atoms with E-state index < -0.39 is 0 Å². The lowest BCUT2D eigenvalue weighted by atomic mass is 9.99. The number of thioether (sulfide) groups is 1. The molecule has 31 heavy (non-hydrogen) atoms. The molecule has 2 aliphatic rings. The van der Waals surface area contributed by atoms with Gasteiger partial charge in [-0.05, 0) is 37.5 Å². The maximum Gasteiger partial charge on any atom is 0.223 e. The van der Waals surface area contributed by atoms with E-state index in [1.807, 2.05) is 22.7 Å². The van der Waals surface area contributed by atoms with E-state index in [0.29, 0.717) is 12.3 Å². The van der Waals surface area contributed by atoms with Crippen LogP contribution in [0.25, 0.3) is 0 Å². The number of carbonyl (C=O) groups is 1. The van der Waals surface area contributed by atoms with Gasteiger partial charge in [0.05, 0.1) is 6.54 Å². The van der Waals surface area contributed by atoms with Crippen LogP contribution in [0.1, 0.15) is 38.7 Å². The molecule has 1 amide bonds. The Hall–Kier alpha value is -1.73. The Morgan fingerprint density at radius 2 is 2.00 bits per heavy atom. The first kappa shape index (κ1) is 23.9. The fourth-order valence-corrected chi connectivity index (χ4v) is 5.54. The van der Waals surface area contributed by atoms with Crippen molar-refractivity contribution in [3.8, 4) is 0 Å². The van der Waals surface area contributed by atoms with E-state index in [4.69, 9.17) is 9.73 Å². The lowest BCUT2D eigenvalue weighted by Gasteiger charge is -2.35. The average molecular weight is 447 g/mol. The minimum atomic E-state index is 0.187. The fraction of sp³-hybridized carbons (Fsp3) is 0.667. The van der Waals surface area contributed by atoms with Crippen LogP contribution >= 0.6 is 11.8 Å². The summed E-state index contributed by atoms with van der Waals surface area (Å²) in [4.78, 5) is 19.4. The van der Waals surface area contributed by atoms with Gasteiger partial charge in [-0.1, -0.05) is 37.3 Å². The number of nitrogens with zero attached hydrogens (tertiary/aromatic N) is 2. The topological polar surface area (TPSA) is 66.0 Å². The number of nitrogens with one attached hydrogen (secondary N) is 2. The first-order valence-electron chi connectivity index (χ1n) is 11.7. The normalized spacial score (nSPS) is 21.4. The summed E-state index contributed by atoms with van der Waals surface area (Å²) in [5, 5.41) is 6.87. The second-order valence-electron chi connectivity index (χ2n) is 8.45. The highest BCUT2D eigenvalue weighted by molar-refractivity contribution is 8.00. The molecule has 1 aromatic rings. The van der Waals surface area contributed by atoms with Crippen LogP contribution in [0.3, 0.4) is 0 Å². The summed E-state index contributed by atoms with van der Waals surface area (Å²) in [5.74, 6) is 2.56. The average Bonchev–Trinajstić information content (AvgIpc) is 3.15. The fourth-order valence-electron chi connectivity index (χ4n) is 4.32. The van der Waals surface area contributed by atoms with Crippen LogP contribution in [0.4, 0.5) is 0 Å². The number of guanidine groups is 1. The van der Waals surface area contributed by atoms with Gasteiger partial charge in [-0.2, -0.15) is 11.8 Å². The molecule has 1 unspecified atom stereocenters. The third-order valence-electron chi connectivity index (χ3n) is 6.09. The number of hydrogen-bond acceptors (Lipinski definition) is 4. The molecule has 1 atom stereocenters. The molecule has 3 rings (SSSR count). The molecule has 2 heterocycles. The lowest BCUT2D eigenvalue weighted by Crippen LogP contribution is -2.42. The Bertz CT molecular complexity index is 701. The first-order valence-corrected chi connectivity index (χ1v) is 12.7. The summed E-state index contributed by atoms with van der Waals surface area (Å²) in [5.41, 5.74) is 1.28. The Morgan fingerprint density at radius 3 is 2.71 bits per heavy atom. The molecule has 2 aliphatic heterocycles. The molecule has 2 N–H and O–H groups in total. The summed E-state index contributed by atoms with van der Waals surface area (Å²) in [7, 11) is 0. The van der Waals surface area contributed by atoms with Gasteiger partial charge in [0.2, 0.25) is 5.91 Å². The maximum atomic E-state index is 12.5. The first-order chi connectivity index (χ1) is 15.1. The van der Waals surface area contributed by atoms with Crippen molar-refractivity contribution in [2.75, 3.05) is 51.7 Å². The molecule has 1 aromatic carbocycles. The minimum Gasteiger partial charge on any atom is -0.381 e. The third-order valence-corrected chi connectivity index (χ3v) is 7.53. The lowest BCUT2D eigenvalue weighted by molar-refractivity contribution is -0.127. The summed E-state index contributed by atoms with van der Waals surface area (Å²) in [6.45, 7) is 9.99. The zero-order valence-electron chi connectivity index (χ0n) is 19.1. The monoisotopic (exact) mass is 446 g/mol. The van der Waals surface area contributed by atoms with E-state index in [-0.39, 0.29) is 10.7 Å². The van der Waals surface area contributed by atoms with Gasteiger partial charge in [0.1, 0.15) is 0 Å². The van der Waals surface area contributed by atoms with Crippen molar-refractivity contribution in [3.63, 3.8) is 0 Å². The van der Waals surface area contributed by atoms with Crippen LogP contribution in [0.5, 0.6) is 0 Å². The number of rotatable bonds is 10. The third kappa shape index (κ3) is 7.42. The SMILES string of the molecule is CCNC(=NCC1(SCC)CCOCC1)NCC1CC(=O)N(CCc2ccccc2)C1. The largest absolute Gasteiger partial charge is 0.381 e. The standard InChI is InChI=1S/C24H38N4O2S/c1-3-25-23(27-19-24(31-4-2)11-14-30-15-12-24)26-17-21-16-22(29)28(18-21)13-10-20-8-6-5-7-9-20/h5-9,21H,3-4,10-19H2,1-2H3,(H2,25,26,27). The second kappa shape index (κ2) is 12.3. The van der Waals surface area contributed by atoms with E-state index >= 15 is 0 Å². The van der Waals surface area contributed by atoms with Crippen LogP contribution < -0.4 is 10.6 Å². The number of carbonyl (C=O) groups excluding carboxylic acids is 1. The van der Waals surface area contributed by atoms with Crippen molar-refractivity contribution in [2.45, 2.75) is 44.3 Å². The molecule has 172 valence electrons. The highest BCUT2D eigenvalue weighted by Crippen LogP contribution is 2.35. The Morgan fingerprint density at radius 1 is 1.23 bits per heavy atom. The predicted molar refractivity (Wildman–Crippen MR) is 130 cm³/mol. The van der Waals surface area contributed by atoms with Crippen LogP contribution in [-0.4, -0.2) is 73.2 Å². The van der Waals surface area contributed by atoms with Crippen molar-refractivity contribution in [1.29, 1.82) is 0 Å². The number of likely N-dealkylation sites (tertiary alicyclic amines) is 1. The summed E-state index contributed by atoms with van der Waals surface area (Å²) in [6, 6.07) is 10.4. The zero-order chi connectivity index (χ0) is 21.9. The minimum absolute atomic E-state index is 0.187. The molecular formula is C24H38N4O2S. The number of amides is 1. The van der Waals surface area contributed by atoms with Gasteiger partial charge in [-0.15, -0.1) is 0 Å². The molecule has 6 nitrogen and oxygen atoms in total. The Labute approximate surface area is 191 Å². The van der Waals surface area contributed by atoms with E-state index in [1.54, 1.807) is 0 Å². The van der Waals surface area contributed by atoms with Crippen molar-refractivity contribution in [3.05, 3.63) is 35.9 Å². The van der Waals surface area contributed by atoms with Gasteiger partial charge in [-0.25, -0.2) is 0 Å². The molecule has 0 saturated carbocycles. The maximum absolute atomic E-state index is 12.5. The number of ether oxygens (including phenoxy) is 1. The van der Waals surface area contributed by atoms with Gasteiger partial charge < -0.3 is 20.3 Å². The van der Waals surface area contributed by atoms with Crippen molar-refractivity contribution in [1.82, 2.24) is 15.5 Å². The van der Waals surface area contributed by atoms with E-state index in [1.165, 1.54) is 5.56 Å².